The molecule has 1 atom stereocenters. The highest BCUT2D eigenvalue weighted by molar-refractivity contribution is 6.51. The van der Waals surface area contributed by atoms with E-state index >= 15 is 0 Å². The van der Waals surface area contributed by atoms with Crippen molar-refractivity contribution >= 4 is 28.8 Å². The number of nitro groups is 1. The number of nitro benzene ring substituents is 1. The van der Waals surface area contributed by atoms with E-state index in [4.69, 9.17) is 0 Å². The van der Waals surface area contributed by atoms with Crippen LogP contribution in [0.5, 0.6) is 0 Å². The fourth-order valence-corrected chi connectivity index (χ4v) is 4.41. The number of Topliss-reactive ketones (excluding diaryl/α,β-unsaturated/α-hetero) is 1. The first-order valence-corrected chi connectivity index (χ1v) is 11.2. The summed E-state index contributed by atoms with van der Waals surface area (Å²) in [7, 11) is 0. The first-order chi connectivity index (χ1) is 17.5. The van der Waals surface area contributed by atoms with Gasteiger partial charge in [0.2, 0.25) is 0 Å². The lowest BCUT2D eigenvalue weighted by Crippen LogP contribution is -2.29. The number of non-ortho nitro benzene ring substituents is 1. The van der Waals surface area contributed by atoms with Crippen LogP contribution < -0.4 is 4.90 Å². The van der Waals surface area contributed by atoms with E-state index in [0.29, 0.717) is 16.8 Å². The SMILES string of the molecule is O=C1C(=O)N(c2cccc(-c3ccccc3)c2)[C@@H](c2ccc([N+](=O)[O-])cc2)/C1=C(/O)c1ccccc1. The lowest BCUT2D eigenvalue weighted by atomic mass is 9.94. The zero-order valence-corrected chi connectivity index (χ0v) is 18.9. The fourth-order valence-electron chi connectivity index (χ4n) is 4.41. The Morgan fingerprint density at radius 3 is 2.03 bits per heavy atom. The summed E-state index contributed by atoms with van der Waals surface area (Å²) in [6.45, 7) is 0. The van der Waals surface area contributed by atoms with Gasteiger partial charge in [0, 0.05) is 23.4 Å². The predicted octanol–water partition coefficient (Wildman–Crippen LogP) is 5.89. The molecule has 176 valence electrons. The van der Waals surface area contributed by atoms with Gasteiger partial charge in [-0.05, 0) is 41.0 Å². The molecule has 0 unspecified atom stereocenters. The van der Waals surface area contributed by atoms with Crippen molar-refractivity contribution in [1.29, 1.82) is 0 Å². The third-order valence-corrected chi connectivity index (χ3v) is 6.14. The number of carbonyl (C=O) groups excluding carboxylic acids is 2. The second-order valence-corrected chi connectivity index (χ2v) is 8.30. The third-order valence-electron chi connectivity index (χ3n) is 6.14. The number of amides is 1. The topological polar surface area (TPSA) is 101 Å². The number of aliphatic hydroxyl groups excluding tert-OH is 1. The lowest BCUT2D eigenvalue weighted by molar-refractivity contribution is -0.384. The molecule has 0 radical (unpaired) electrons. The summed E-state index contributed by atoms with van der Waals surface area (Å²) < 4.78 is 0. The third kappa shape index (κ3) is 4.03. The Bertz CT molecular complexity index is 1500. The number of carbonyl (C=O) groups is 2. The Kier molecular flexibility index (Phi) is 5.88. The van der Waals surface area contributed by atoms with Crippen molar-refractivity contribution < 1.29 is 19.6 Å². The molecule has 1 N–H and O–H groups in total. The summed E-state index contributed by atoms with van der Waals surface area (Å²) in [5.74, 6) is -1.93. The standard InChI is InChI=1S/C29H20N2O5/c32-27(21-10-5-2-6-11-21)25-26(20-14-16-23(17-15-20)31(35)36)30(29(34)28(25)33)24-13-7-12-22(18-24)19-8-3-1-4-9-19/h1-18,26,32H/b27-25-/t26-/m0/s1. The van der Waals surface area contributed by atoms with Crippen LogP contribution in [0.2, 0.25) is 0 Å². The van der Waals surface area contributed by atoms with Crippen LogP contribution in [-0.4, -0.2) is 21.7 Å². The van der Waals surface area contributed by atoms with Gasteiger partial charge < -0.3 is 5.11 Å². The maximum Gasteiger partial charge on any atom is 0.300 e. The molecule has 1 aliphatic rings. The Labute approximate surface area is 206 Å². The summed E-state index contributed by atoms with van der Waals surface area (Å²) >= 11 is 0. The highest BCUT2D eigenvalue weighted by Crippen LogP contribution is 2.43. The van der Waals surface area contributed by atoms with Gasteiger partial charge in [-0.1, -0.05) is 72.8 Å². The number of rotatable bonds is 5. The maximum absolute atomic E-state index is 13.4. The van der Waals surface area contributed by atoms with Crippen LogP contribution in [0.15, 0.2) is 115 Å². The van der Waals surface area contributed by atoms with Gasteiger partial charge in [0.05, 0.1) is 16.5 Å². The molecule has 7 heteroatoms. The molecule has 5 rings (SSSR count). The number of benzene rings is 4. The van der Waals surface area contributed by atoms with Crippen molar-refractivity contribution in [1.82, 2.24) is 0 Å². The first-order valence-electron chi connectivity index (χ1n) is 11.2. The zero-order valence-electron chi connectivity index (χ0n) is 18.9. The van der Waals surface area contributed by atoms with Crippen LogP contribution in [0.4, 0.5) is 11.4 Å². The molecule has 0 spiro atoms. The van der Waals surface area contributed by atoms with E-state index < -0.39 is 22.7 Å². The van der Waals surface area contributed by atoms with E-state index in [1.807, 2.05) is 36.4 Å². The molecule has 36 heavy (non-hydrogen) atoms. The van der Waals surface area contributed by atoms with Crippen LogP contribution in [0.25, 0.3) is 16.9 Å². The minimum atomic E-state index is -0.975. The maximum atomic E-state index is 13.4. The molecule has 1 aliphatic heterocycles. The van der Waals surface area contributed by atoms with Gasteiger partial charge >= 0.3 is 0 Å². The van der Waals surface area contributed by atoms with Crippen molar-refractivity contribution in [3.8, 4) is 11.1 Å². The minimum absolute atomic E-state index is 0.0785. The van der Waals surface area contributed by atoms with E-state index in [-0.39, 0.29) is 17.0 Å². The molecule has 1 heterocycles. The van der Waals surface area contributed by atoms with Crippen LogP contribution in [-0.2, 0) is 9.59 Å². The first kappa shape index (κ1) is 22.7. The molecular formula is C29H20N2O5. The van der Waals surface area contributed by atoms with Gasteiger partial charge in [-0.2, -0.15) is 0 Å². The van der Waals surface area contributed by atoms with E-state index in [1.165, 1.54) is 29.2 Å². The molecule has 4 aromatic carbocycles. The van der Waals surface area contributed by atoms with Crippen LogP contribution in [0.3, 0.4) is 0 Å². The number of ketones is 1. The quantitative estimate of drug-likeness (QED) is 0.127. The van der Waals surface area contributed by atoms with Gasteiger partial charge in [0.1, 0.15) is 5.76 Å². The molecule has 0 bridgehead atoms. The van der Waals surface area contributed by atoms with Gasteiger partial charge in [0.25, 0.3) is 17.4 Å². The summed E-state index contributed by atoms with van der Waals surface area (Å²) in [6, 6.07) is 30.0. The van der Waals surface area contributed by atoms with Crippen LogP contribution >= 0.6 is 0 Å². The molecule has 0 saturated carbocycles. The molecule has 0 aliphatic carbocycles. The smallest absolute Gasteiger partial charge is 0.300 e. The number of nitrogens with zero attached hydrogens (tertiary/aromatic N) is 2. The second kappa shape index (κ2) is 9.31. The zero-order chi connectivity index (χ0) is 25.2. The summed E-state index contributed by atoms with van der Waals surface area (Å²) in [5.41, 5.74) is 2.90. The van der Waals surface area contributed by atoms with E-state index in [9.17, 15) is 24.8 Å². The summed E-state index contributed by atoms with van der Waals surface area (Å²) in [5, 5.41) is 22.3. The molecule has 0 aromatic heterocycles. The summed E-state index contributed by atoms with van der Waals surface area (Å²) in [6.07, 6.45) is 0. The van der Waals surface area contributed by atoms with Crippen molar-refractivity contribution in [3.05, 3.63) is 136 Å². The van der Waals surface area contributed by atoms with Gasteiger partial charge in [-0.3, -0.25) is 24.6 Å². The highest BCUT2D eigenvalue weighted by atomic mass is 16.6. The predicted molar refractivity (Wildman–Crippen MR) is 136 cm³/mol. The fraction of sp³-hybridized carbons (Fsp3) is 0.0345. The van der Waals surface area contributed by atoms with E-state index in [1.54, 1.807) is 48.5 Å². The summed E-state index contributed by atoms with van der Waals surface area (Å²) in [4.78, 5) is 38.7. The van der Waals surface area contributed by atoms with Crippen molar-refractivity contribution in [3.63, 3.8) is 0 Å². The molecule has 4 aromatic rings. The van der Waals surface area contributed by atoms with E-state index in [0.717, 1.165) is 11.1 Å². The number of aliphatic hydroxyl groups is 1. The average Bonchev–Trinajstić information content (AvgIpc) is 3.19. The normalized spacial score (nSPS) is 16.8. The Hall–Kier alpha value is -5.04. The highest BCUT2D eigenvalue weighted by Gasteiger charge is 2.47. The van der Waals surface area contributed by atoms with Gasteiger partial charge in [-0.25, -0.2) is 0 Å². The van der Waals surface area contributed by atoms with Gasteiger partial charge in [0.15, 0.2) is 0 Å². The minimum Gasteiger partial charge on any atom is -0.507 e. The average molecular weight is 476 g/mol. The molecule has 1 saturated heterocycles. The van der Waals surface area contributed by atoms with Crippen molar-refractivity contribution in [2.45, 2.75) is 6.04 Å². The number of anilines is 1. The van der Waals surface area contributed by atoms with Crippen LogP contribution in [0.1, 0.15) is 17.2 Å². The molecule has 1 amide bonds. The Morgan fingerprint density at radius 1 is 0.778 bits per heavy atom. The number of hydrogen-bond donors (Lipinski definition) is 1. The molecular weight excluding hydrogens is 456 g/mol. The van der Waals surface area contributed by atoms with Crippen molar-refractivity contribution in [2.24, 2.45) is 0 Å². The van der Waals surface area contributed by atoms with Gasteiger partial charge in [-0.15, -0.1) is 0 Å². The Balaban J connectivity index is 1.69. The largest absolute Gasteiger partial charge is 0.507 e. The molecule has 7 nitrogen and oxygen atoms in total. The second-order valence-electron chi connectivity index (χ2n) is 8.30. The van der Waals surface area contributed by atoms with Crippen molar-refractivity contribution in [2.75, 3.05) is 4.90 Å². The van der Waals surface area contributed by atoms with E-state index in [2.05, 4.69) is 0 Å². The monoisotopic (exact) mass is 476 g/mol. The van der Waals surface area contributed by atoms with Crippen LogP contribution in [0, 0.1) is 10.1 Å². The number of hydrogen-bond acceptors (Lipinski definition) is 5. The lowest BCUT2D eigenvalue weighted by Gasteiger charge is -2.26. The molecule has 1 fully saturated rings. The Morgan fingerprint density at radius 2 is 1.39 bits per heavy atom.